The highest BCUT2D eigenvalue weighted by Crippen LogP contribution is 2.33. The maximum absolute atomic E-state index is 7.29. The molecule has 0 saturated heterocycles. The number of nitrogens with two attached hydrogens (primary N) is 1. The lowest BCUT2D eigenvalue weighted by Gasteiger charge is -2.19. The van der Waals surface area contributed by atoms with Crippen LogP contribution in [0.1, 0.15) is 0 Å². The molecule has 0 fully saturated rings. The fraction of sp³-hybridized carbons (Fsp3) is 0.125. The van der Waals surface area contributed by atoms with Gasteiger partial charge in [0.1, 0.15) is 0 Å². The first-order valence-electron chi connectivity index (χ1n) is 3.65. The standard InChI is InChI=1S/C8H8Cl2IN3/c1-14(8(12)13)7-5(10)2-4(9)3-6(7)11/h2-3H,1H3,(H3,12,13). The summed E-state index contributed by atoms with van der Waals surface area (Å²) in [6.45, 7) is 0. The molecular weight excluding hydrogens is 336 g/mol. The van der Waals surface area contributed by atoms with Crippen LogP contribution < -0.4 is 10.6 Å². The summed E-state index contributed by atoms with van der Waals surface area (Å²) in [5.74, 6) is -0.0628. The monoisotopic (exact) mass is 343 g/mol. The number of rotatable bonds is 1. The molecule has 3 N–H and O–H groups in total. The molecule has 0 unspecified atom stereocenters. The number of nitrogens with one attached hydrogen (secondary N) is 1. The van der Waals surface area contributed by atoms with E-state index in [0.717, 1.165) is 3.57 Å². The Morgan fingerprint density at radius 3 is 2.50 bits per heavy atom. The van der Waals surface area contributed by atoms with E-state index in [-0.39, 0.29) is 5.96 Å². The molecule has 14 heavy (non-hydrogen) atoms. The molecule has 76 valence electrons. The minimum atomic E-state index is -0.0628. The molecule has 3 nitrogen and oxygen atoms in total. The van der Waals surface area contributed by atoms with Gasteiger partial charge in [-0.3, -0.25) is 5.41 Å². The Balaban J connectivity index is 3.27. The molecule has 0 saturated carbocycles. The summed E-state index contributed by atoms with van der Waals surface area (Å²) in [4.78, 5) is 1.50. The van der Waals surface area contributed by atoms with Crippen LogP contribution in [0.2, 0.25) is 10.0 Å². The average molecular weight is 344 g/mol. The zero-order valence-electron chi connectivity index (χ0n) is 7.31. The van der Waals surface area contributed by atoms with E-state index in [1.165, 1.54) is 4.90 Å². The first-order valence-corrected chi connectivity index (χ1v) is 5.49. The van der Waals surface area contributed by atoms with Crippen LogP contribution >= 0.6 is 45.8 Å². The molecule has 0 atom stereocenters. The zero-order chi connectivity index (χ0) is 10.9. The molecular formula is C8H8Cl2IN3. The van der Waals surface area contributed by atoms with Gasteiger partial charge in [0.25, 0.3) is 0 Å². The predicted molar refractivity (Wildman–Crippen MR) is 69.5 cm³/mol. The van der Waals surface area contributed by atoms with Crippen LogP contribution in [0.4, 0.5) is 5.69 Å². The Morgan fingerprint density at radius 1 is 1.50 bits per heavy atom. The Morgan fingerprint density at radius 2 is 2.07 bits per heavy atom. The smallest absolute Gasteiger partial charge is 0.192 e. The van der Waals surface area contributed by atoms with Crippen molar-refractivity contribution < 1.29 is 0 Å². The second-order valence-electron chi connectivity index (χ2n) is 2.66. The first-order chi connectivity index (χ1) is 6.43. The topological polar surface area (TPSA) is 53.1 Å². The Labute approximate surface area is 106 Å². The van der Waals surface area contributed by atoms with Crippen molar-refractivity contribution in [1.29, 1.82) is 5.41 Å². The molecule has 0 amide bonds. The number of hydrogen-bond donors (Lipinski definition) is 2. The second kappa shape index (κ2) is 4.55. The average Bonchev–Trinajstić information content (AvgIpc) is 2.01. The van der Waals surface area contributed by atoms with E-state index in [4.69, 9.17) is 34.3 Å². The van der Waals surface area contributed by atoms with E-state index in [9.17, 15) is 0 Å². The van der Waals surface area contributed by atoms with Crippen molar-refractivity contribution in [2.75, 3.05) is 11.9 Å². The van der Waals surface area contributed by atoms with Crippen molar-refractivity contribution >= 4 is 57.4 Å². The Kier molecular flexibility index (Phi) is 3.86. The lowest BCUT2D eigenvalue weighted by molar-refractivity contribution is 1.19. The van der Waals surface area contributed by atoms with Gasteiger partial charge in [-0.1, -0.05) is 23.2 Å². The highest BCUT2D eigenvalue weighted by atomic mass is 127. The minimum Gasteiger partial charge on any atom is -0.370 e. The third-order valence-electron chi connectivity index (χ3n) is 1.68. The summed E-state index contributed by atoms with van der Waals surface area (Å²) in [6.07, 6.45) is 0. The number of halogens is 3. The van der Waals surface area contributed by atoms with Crippen LogP contribution in [0.25, 0.3) is 0 Å². The van der Waals surface area contributed by atoms with Crippen LogP contribution in [0.5, 0.6) is 0 Å². The van der Waals surface area contributed by atoms with Crippen LogP contribution in [0.3, 0.4) is 0 Å². The largest absolute Gasteiger partial charge is 0.370 e. The highest BCUT2D eigenvalue weighted by Gasteiger charge is 2.13. The van der Waals surface area contributed by atoms with Gasteiger partial charge in [-0.2, -0.15) is 0 Å². The fourth-order valence-electron chi connectivity index (χ4n) is 0.975. The van der Waals surface area contributed by atoms with E-state index in [2.05, 4.69) is 22.6 Å². The summed E-state index contributed by atoms with van der Waals surface area (Å²) in [6, 6.07) is 3.39. The Bertz CT molecular complexity index is 358. The normalized spacial score (nSPS) is 10.0. The van der Waals surface area contributed by atoms with Gasteiger partial charge in [-0.15, -0.1) is 0 Å². The van der Waals surface area contributed by atoms with E-state index in [1.54, 1.807) is 19.2 Å². The third kappa shape index (κ3) is 2.43. The van der Waals surface area contributed by atoms with Gasteiger partial charge < -0.3 is 10.6 Å². The van der Waals surface area contributed by atoms with Gasteiger partial charge in [0, 0.05) is 15.6 Å². The number of hydrogen-bond acceptors (Lipinski definition) is 1. The second-order valence-corrected chi connectivity index (χ2v) is 4.67. The molecule has 0 radical (unpaired) electrons. The maximum Gasteiger partial charge on any atom is 0.192 e. The van der Waals surface area contributed by atoms with Crippen molar-refractivity contribution in [1.82, 2.24) is 0 Å². The van der Waals surface area contributed by atoms with Gasteiger partial charge in [0.15, 0.2) is 5.96 Å². The molecule has 0 spiro atoms. The summed E-state index contributed by atoms with van der Waals surface area (Å²) in [5.41, 5.74) is 6.06. The van der Waals surface area contributed by atoms with Gasteiger partial charge in [-0.05, 0) is 34.7 Å². The van der Waals surface area contributed by atoms with Gasteiger partial charge in [0.2, 0.25) is 0 Å². The lowest BCUT2D eigenvalue weighted by Crippen LogP contribution is -2.33. The van der Waals surface area contributed by atoms with Crippen molar-refractivity contribution in [3.05, 3.63) is 25.7 Å². The van der Waals surface area contributed by atoms with E-state index < -0.39 is 0 Å². The van der Waals surface area contributed by atoms with Gasteiger partial charge in [-0.25, -0.2) is 0 Å². The summed E-state index contributed by atoms with van der Waals surface area (Å²) in [5, 5.41) is 8.35. The number of benzene rings is 1. The maximum atomic E-state index is 7.29. The van der Waals surface area contributed by atoms with Crippen LogP contribution in [-0.2, 0) is 0 Å². The van der Waals surface area contributed by atoms with Gasteiger partial charge in [0.05, 0.1) is 10.7 Å². The molecule has 0 aromatic heterocycles. The highest BCUT2D eigenvalue weighted by molar-refractivity contribution is 14.1. The molecule has 1 aromatic carbocycles. The summed E-state index contributed by atoms with van der Waals surface area (Å²) in [7, 11) is 1.68. The predicted octanol–water partition coefficient (Wildman–Crippen LogP) is 2.93. The molecule has 0 aliphatic heterocycles. The molecule has 1 aromatic rings. The summed E-state index contributed by atoms with van der Waals surface area (Å²) >= 11 is 13.9. The van der Waals surface area contributed by atoms with Crippen LogP contribution in [0.15, 0.2) is 12.1 Å². The van der Waals surface area contributed by atoms with Crippen molar-refractivity contribution in [3.63, 3.8) is 0 Å². The quantitative estimate of drug-likeness (QED) is 0.468. The van der Waals surface area contributed by atoms with Gasteiger partial charge >= 0.3 is 0 Å². The fourth-order valence-corrected chi connectivity index (χ4v) is 2.93. The SMILES string of the molecule is CN(C(=N)N)c1c(Cl)cc(Cl)cc1I. The molecule has 0 heterocycles. The zero-order valence-corrected chi connectivity index (χ0v) is 11.0. The lowest BCUT2D eigenvalue weighted by atomic mass is 10.3. The summed E-state index contributed by atoms with van der Waals surface area (Å²) < 4.78 is 0.859. The van der Waals surface area contributed by atoms with E-state index >= 15 is 0 Å². The van der Waals surface area contributed by atoms with Crippen molar-refractivity contribution in [3.8, 4) is 0 Å². The molecule has 0 aliphatic rings. The van der Waals surface area contributed by atoms with Crippen LogP contribution in [0, 0.1) is 8.98 Å². The first kappa shape index (κ1) is 11.9. The molecule has 0 bridgehead atoms. The van der Waals surface area contributed by atoms with Crippen molar-refractivity contribution in [2.45, 2.75) is 0 Å². The van der Waals surface area contributed by atoms with E-state index in [0.29, 0.717) is 15.7 Å². The number of guanidine groups is 1. The van der Waals surface area contributed by atoms with E-state index in [1.807, 2.05) is 0 Å². The van der Waals surface area contributed by atoms with Crippen molar-refractivity contribution in [2.24, 2.45) is 5.73 Å². The molecule has 1 rings (SSSR count). The number of nitrogens with zero attached hydrogens (tertiary/aromatic N) is 1. The number of anilines is 1. The minimum absolute atomic E-state index is 0.0628. The Hall–Kier alpha value is -0.200. The molecule has 0 aliphatic carbocycles. The third-order valence-corrected chi connectivity index (χ3v) is 3.01. The molecule has 6 heteroatoms. The van der Waals surface area contributed by atoms with Crippen LogP contribution in [-0.4, -0.2) is 13.0 Å².